The van der Waals surface area contributed by atoms with Crippen molar-refractivity contribution in [3.8, 4) is 6.07 Å². The molecule has 0 aromatic carbocycles. The van der Waals surface area contributed by atoms with Crippen molar-refractivity contribution in [1.82, 2.24) is 15.1 Å². The molecule has 0 aliphatic heterocycles. The van der Waals surface area contributed by atoms with Crippen molar-refractivity contribution in [2.45, 2.75) is 58.8 Å². The maximum absolute atomic E-state index is 12.5. The first kappa shape index (κ1) is 18.0. The lowest BCUT2D eigenvalue weighted by atomic mass is 9.98. The quantitative estimate of drug-likeness (QED) is 0.907. The smallest absolute Gasteiger partial charge is 0.352 e. The average Bonchev–Trinajstić information content (AvgIpc) is 2.61. The number of carbonyl (C=O) groups is 1. The van der Waals surface area contributed by atoms with Gasteiger partial charge in [-0.3, -0.25) is 9.48 Å². The first-order valence-electron chi connectivity index (χ1n) is 6.84. The van der Waals surface area contributed by atoms with E-state index in [0.29, 0.717) is 17.0 Å². The second-order valence-electron chi connectivity index (χ2n) is 5.35. The molecule has 22 heavy (non-hydrogen) atoms. The van der Waals surface area contributed by atoms with Crippen LogP contribution in [0.15, 0.2) is 0 Å². The molecule has 1 amide bonds. The van der Waals surface area contributed by atoms with Gasteiger partial charge in [0.1, 0.15) is 6.54 Å². The Morgan fingerprint density at radius 1 is 1.41 bits per heavy atom. The van der Waals surface area contributed by atoms with E-state index in [1.54, 1.807) is 20.8 Å². The Bertz CT molecular complexity index is 586. The van der Waals surface area contributed by atoms with Crippen LogP contribution in [0.2, 0.25) is 0 Å². The summed E-state index contributed by atoms with van der Waals surface area (Å²) >= 11 is 0. The highest BCUT2D eigenvalue weighted by Gasteiger charge is 2.31. The number of rotatable bonds is 5. The molecule has 0 aliphatic rings. The molecule has 0 unspecified atom stereocenters. The average molecular weight is 316 g/mol. The first-order valence-corrected chi connectivity index (χ1v) is 6.84. The Labute approximate surface area is 127 Å². The van der Waals surface area contributed by atoms with Crippen molar-refractivity contribution in [2.75, 3.05) is 0 Å². The van der Waals surface area contributed by atoms with E-state index in [-0.39, 0.29) is 18.4 Å². The summed E-state index contributed by atoms with van der Waals surface area (Å²) in [6.07, 6.45) is -4.20. The summed E-state index contributed by atoms with van der Waals surface area (Å²) in [6.45, 7) is 5.23. The normalized spacial score (nSPS) is 14.3. The number of aryl methyl sites for hydroxylation is 1. The molecule has 1 aromatic heterocycles. The Kier molecular flexibility index (Phi) is 5.58. The van der Waals surface area contributed by atoms with E-state index in [4.69, 9.17) is 5.26 Å². The van der Waals surface area contributed by atoms with Crippen molar-refractivity contribution in [1.29, 1.82) is 5.26 Å². The molecular weight excluding hydrogens is 297 g/mol. The van der Waals surface area contributed by atoms with Gasteiger partial charge in [-0.1, -0.05) is 0 Å². The van der Waals surface area contributed by atoms with Crippen LogP contribution in [0.5, 0.6) is 0 Å². The molecule has 122 valence electrons. The first-order chi connectivity index (χ1) is 10.1. The molecule has 0 aliphatic carbocycles. The Morgan fingerprint density at radius 3 is 2.50 bits per heavy atom. The van der Waals surface area contributed by atoms with Gasteiger partial charge in [0, 0.05) is 17.3 Å². The molecule has 8 heteroatoms. The van der Waals surface area contributed by atoms with Gasteiger partial charge < -0.3 is 5.32 Å². The molecule has 0 radical (unpaired) electrons. The number of hydrogen-bond donors (Lipinski definition) is 1. The topological polar surface area (TPSA) is 70.7 Å². The number of halogens is 3. The number of aromatic nitrogens is 2. The van der Waals surface area contributed by atoms with Gasteiger partial charge in [-0.2, -0.15) is 23.5 Å². The summed E-state index contributed by atoms with van der Waals surface area (Å²) in [5.74, 6) is -0.969. The lowest BCUT2D eigenvalue weighted by Gasteiger charge is -2.16. The molecule has 1 N–H and O–H groups in total. The zero-order valence-electron chi connectivity index (χ0n) is 13.0. The Morgan fingerprint density at radius 2 is 2.00 bits per heavy atom. The molecule has 2 atom stereocenters. The fourth-order valence-corrected chi connectivity index (χ4v) is 2.35. The molecule has 0 saturated heterocycles. The van der Waals surface area contributed by atoms with Crippen LogP contribution in [0.3, 0.4) is 0 Å². The molecule has 0 saturated carbocycles. The molecule has 0 bridgehead atoms. The summed E-state index contributed by atoms with van der Waals surface area (Å²) in [6, 6.07) is 1.63. The van der Waals surface area contributed by atoms with Crippen LogP contribution in [-0.2, 0) is 11.3 Å². The van der Waals surface area contributed by atoms with E-state index >= 15 is 0 Å². The summed E-state index contributed by atoms with van der Waals surface area (Å²) in [4.78, 5) is 12.1. The van der Waals surface area contributed by atoms with E-state index in [2.05, 4.69) is 10.4 Å². The lowest BCUT2D eigenvalue weighted by molar-refractivity contribution is -0.143. The fourth-order valence-electron chi connectivity index (χ4n) is 2.35. The van der Waals surface area contributed by atoms with E-state index in [0.717, 1.165) is 4.68 Å². The third-order valence-corrected chi connectivity index (χ3v) is 3.38. The Balaban J connectivity index is 2.97. The van der Waals surface area contributed by atoms with E-state index < -0.39 is 18.6 Å². The number of nitriles is 1. The van der Waals surface area contributed by atoms with Crippen LogP contribution in [-0.4, -0.2) is 27.9 Å². The third kappa shape index (κ3) is 4.48. The molecule has 0 spiro atoms. The number of amides is 1. The summed E-state index contributed by atoms with van der Waals surface area (Å²) in [5, 5.41) is 15.1. The predicted octanol–water partition coefficient (Wildman–Crippen LogP) is 2.58. The predicted molar refractivity (Wildman–Crippen MR) is 74.0 cm³/mol. The highest BCUT2D eigenvalue weighted by Crippen LogP contribution is 2.26. The van der Waals surface area contributed by atoms with Crippen LogP contribution < -0.4 is 5.32 Å². The third-order valence-electron chi connectivity index (χ3n) is 3.38. The van der Waals surface area contributed by atoms with Crippen molar-refractivity contribution < 1.29 is 18.0 Å². The van der Waals surface area contributed by atoms with Crippen molar-refractivity contribution in [3.05, 3.63) is 17.0 Å². The van der Waals surface area contributed by atoms with Gasteiger partial charge in [0.2, 0.25) is 5.91 Å². The van der Waals surface area contributed by atoms with Crippen LogP contribution in [0.1, 0.15) is 43.1 Å². The Hall–Kier alpha value is -2.04. The molecule has 1 aromatic rings. The lowest BCUT2D eigenvalue weighted by Crippen LogP contribution is -2.35. The van der Waals surface area contributed by atoms with Gasteiger partial charge >= 0.3 is 6.18 Å². The SMILES string of the molecule is Cc1nn(CC(F)(F)F)c(C)c1[C@H](C)C(=O)N[C@@H](C)CC#N. The van der Waals surface area contributed by atoms with Crippen LogP contribution >= 0.6 is 0 Å². The summed E-state index contributed by atoms with van der Waals surface area (Å²) in [7, 11) is 0. The second kappa shape index (κ2) is 6.81. The van der Waals surface area contributed by atoms with Gasteiger partial charge in [0.05, 0.1) is 24.1 Å². The molecular formula is C14H19F3N4O. The second-order valence-corrected chi connectivity index (χ2v) is 5.35. The van der Waals surface area contributed by atoms with Gasteiger partial charge in [-0.05, 0) is 27.7 Å². The fraction of sp³-hybridized carbons (Fsp3) is 0.643. The molecule has 1 heterocycles. The maximum atomic E-state index is 12.5. The van der Waals surface area contributed by atoms with Gasteiger partial charge in [-0.25, -0.2) is 0 Å². The standard InChI is InChI=1S/C14H19F3N4O/c1-8(5-6-18)19-13(22)9(2)12-10(3)20-21(11(12)4)7-14(15,16)17/h8-9H,5,7H2,1-4H3,(H,19,22)/t8-,9-/m0/s1. The maximum Gasteiger partial charge on any atom is 0.408 e. The van der Waals surface area contributed by atoms with Crippen molar-refractivity contribution in [3.63, 3.8) is 0 Å². The number of alkyl halides is 3. The highest BCUT2D eigenvalue weighted by atomic mass is 19.4. The number of nitrogens with one attached hydrogen (secondary N) is 1. The van der Waals surface area contributed by atoms with Gasteiger partial charge in [0.25, 0.3) is 0 Å². The zero-order valence-corrected chi connectivity index (χ0v) is 13.0. The van der Waals surface area contributed by atoms with E-state index in [1.807, 2.05) is 6.07 Å². The minimum Gasteiger partial charge on any atom is -0.352 e. The molecule has 0 fully saturated rings. The van der Waals surface area contributed by atoms with Crippen molar-refractivity contribution >= 4 is 5.91 Å². The zero-order chi connectivity index (χ0) is 17.1. The van der Waals surface area contributed by atoms with Gasteiger partial charge in [-0.15, -0.1) is 0 Å². The minimum atomic E-state index is -4.37. The molecule has 1 rings (SSSR count). The van der Waals surface area contributed by atoms with Crippen molar-refractivity contribution in [2.24, 2.45) is 0 Å². The van der Waals surface area contributed by atoms with E-state index in [9.17, 15) is 18.0 Å². The van der Waals surface area contributed by atoms with E-state index in [1.165, 1.54) is 6.92 Å². The monoisotopic (exact) mass is 316 g/mol. The minimum absolute atomic E-state index is 0.170. The van der Waals surface area contributed by atoms with Crippen LogP contribution in [0, 0.1) is 25.2 Å². The number of nitrogens with zero attached hydrogens (tertiary/aromatic N) is 3. The van der Waals surface area contributed by atoms with Crippen LogP contribution in [0.4, 0.5) is 13.2 Å². The summed E-state index contributed by atoms with van der Waals surface area (Å²) in [5.41, 5.74) is 1.22. The molecule has 5 nitrogen and oxygen atoms in total. The summed E-state index contributed by atoms with van der Waals surface area (Å²) < 4.78 is 38.4. The van der Waals surface area contributed by atoms with Gasteiger partial charge in [0.15, 0.2) is 0 Å². The largest absolute Gasteiger partial charge is 0.408 e. The highest BCUT2D eigenvalue weighted by molar-refractivity contribution is 5.84. The van der Waals surface area contributed by atoms with Crippen LogP contribution in [0.25, 0.3) is 0 Å². The number of hydrogen-bond acceptors (Lipinski definition) is 3. The number of carbonyl (C=O) groups excluding carboxylic acids is 1.